The summed E-state index contributed by atoms with van der Waals surface area (Å²) in [5.74, 6) is -0.671. The molecule has 1 aliphatic heterocycles. The van der Waals surface area contributed by atoms with Crippen LogP contribution in [0.1, 0.15) is 0 Å². The minimum absolute atomic E-state index is 0.224. The Balaban J connectivity index is 2.71. The van der Waals surface area contributed by atoms with Crippen molar-refractivity contribution in [1.82, 2.24) is 0 Å². The second-order valence-electron chi connectivity index (χ2n) is 2.47. The van der Waals surface area contributed by atoms with Gasteiger partial charge in [-0.3, -0.25) is 0 Å². The zero-order valence-electron chi connectivity index (χ0n) is 7.07. The molecule has 2 N–H and O–H groups in total. The fraction of sp³-hybridized carbons (Fsp3) is 0.500. The molecule has 0 bridgehead atoms. The van der Waals surface area contributed by atoms with Crippen molar-refractivity contribution in [3.8, 4) is 0 Å². The van der Waals surface area contributed by atoms with Crippen LogP contribution in [0.25, 0.3) is 0 Å². The molecule has 0 aromatic rings. The topological polar surface area (TPSA) is 100 Å². The standard InChI is InChI=1S/C6H8IN2O5/c1-9-6(4(10)14-7-8)2-12-5(11)13-3-6/h1-3,8H2/q-1. The Kier molecular flexibility index (Phi) is 3.63. The zero-order valence-corrected chi connectivity index (χ0v) is 9.22. The van der Waals surface area contributed by atoms with Crippen LogP contribution in [0.3, 0.4) is 0 Å². The number of carbonyl (C=O) groups is 2. The summed E-state index contributed by atoms with van der Waals surface area (Å²) in [5.41, 5.74) is -1.35. The Labute approximate surface area is 90.8 Å². The van der Waals surface area contributed by atoms with Crippen LogP contribution in [0.4, 0.5) is 4.79 Å². The molecule has 0 radical (unpaired) electrons. The van der Waals surface area contributed by atoms with Gasteiger partial charge in [0.2, 0.25) is 0 Å². The van der Waals surface area contributed by atoms with E-state index >= 15 is 0 Å². The van der Waals surface area contributed by atoms with Crippen molar-refractivity contribution < 1.29 is 44.0 Å². The van der Waals surface area contributed by atoms with Gasteiger partial charge in [0.15, 0.2) is 0 Å². The van der Waals surface area contributed by atoms with Crippen LogP contribution in [0, 0.1) is 0 Å². The average molecular weight is 315 g/mol. The molecule has 0 aromatic heterocycles. The fourth-order valence-corrected chi connectivity index (χ4v) is 1.47. The van der Waals surface area contributed by atoms with Crippen molar-refractivity contribution in [2.45, 2.75) is 5.54 Å². The molecule has 0 aromatic carbocycles. The molecule has 80 valence electrons. The van der Waals surface area contributed by atoms with Gasteiger partial charge in [0.25, 0.3) is 0 Å². The molecule has 0 unspecified atom stereocenters. The molecule has 0 saturated carbocycles. The molecule has 1 fully saturated rings. The molecule has 0 spiro atoms. The number of hydrogen-bond acceptors (Lipinski definition) is 7. The molecule has 1 rings (SSSR count). The molecule has 1 aliphatic rings. The number of rotatable bonds is 3. The third-order valence-electron chi connectivity index (χ3n) is 1.65. The van der Waals surface area contributed by atoms with Crippen LogP contribution in [-0.2, 0) is 17.3 Å². The summed E-state index contributed by atoms with van der Waals surface area (Å²) < 4.78 is 18.8. The van der Waals surface area contributed by atoms with Crippen molar-refractivity contribution >= 4 is 18.8 Å². The summed E-state index contributed by atoms with van der Waals surface area (Å²) in [5, 5.41) is 0. The van der Waals surface area contributed by atoms with E-state index in [1.165, 1.54) is 0 Å². The first-order valence-corrected chi connectivity index (χ1v) is 5.59. The SMILES string of the molecule is C=NC1(C(=O)O[I-]N)COC(=O)OC1. The van der Waals surface area contributed by atoms with E-state index in [1.807, 2.05) is 0 Å². The maximum atomic E-state index is 11.4. The van der Waals surface area contributed by atoms with Crippen LogP contribution >= 0.6 is 0 Å². The first-order chi connectivity index (χ1) is 6.64. The fourth-order valence-electron chi connectivity index (χ4n) is 0.826. The Morgan fingerprint density at radius 3 is 2.64 bits per heavy atom. The number of hydrogen-bond donors (Lipinski definition) is 1. The van der Waals surface area contributed by atoms with Gasteiger partial charge in [0.1, 0.15) is 0 Å². The summed E-state index contributed by atoms with van der Waals surface area (Å²) in [6.45, 7) is 2.79. The van der Waals surface area contributed by atoms with Gasteiger partial charge in [-0.1, -0.05) is 0 Å². The molecule has 7 nitrogen and oxygen atoms in total. The van der Waals surface area contributed by atoms with E-state index in [4.69, 9.17) is 3.95 Å². The second-order valence-corrected chi connectivity index (χ2v) is 3.42. The molecule has 8 heteroatoms. The van der Waals surface area contributed by atoms with E-state index in [-0.39, 0.29) is 13.2 Å². The molecule has 0 amide bonds. The van der Waals surface area contributed by atoms with Gasteiger partial charge < -0.3 is 0 Å². The van der Waals surface area contributed by atoms with E-state index in [1.54, 1.807) is 0 Å². The molecular formula is C6H8IN2O5-. The van der Waals surface area contributed by atoms with Gasteiger partial charge in [0.05, 0.1) is 0 Å². The number of nitrogens with two attached hydrogens (primary N) is 1. The van der Waals surface area contributed by atoms with Crippen LogP contribution in [0.5, 0.6) is 0 Å². The summed E-state index contributed by atoms with van der Waals surface area (Å²) in [6.07, 6.45) is -0.834. The van der Waals surface area contributed by atoms with E-state index < -0.39 is 39.6 Å². The predicted octanol–water partition coefficient (Wildman–Crippen LogP) is -3.99. The van der Waals surface area contributed by atoms with Crippen LogP contribution in [0.2, 0.25) is 0 Å². The summed E-state index contributed by atoms with van der Waals surface area (Å²) in [6, 6.07) is 0. The van der Waals surface area contributed by atoms with Crippen molar-refractivity contribution in [3.63, 3.8) is 0 Å². The third kappa shape index (κ3) is 2.12. The molecule has 0 atom stereocenters. The number of carbonyl (C=O) groups excluding carboxylic acids is 2. The van der Waals surface area contributed by atoms with Gasteiger partial charge in [-0.05, 0) is 0 Å². The van der Waals surface area contributed by atoms with Crippen LogP contribution < -0.4 is 25.8 Å². The van der Waals surface area contributed by atoms with Crippen LogP contribution in [-0.4, -0.2) is 37.6 Å². The number of aliphatic imine (C=N–C) groups is 1. The zero-order chi connectivity index (χ0) is 10.6. The number of cyclic esters (lactones) is 2. The van der Waals surface area contributed by atoms with Crippen molar-refractivity contribution in [3.05, 3.63) is 0 Å². The summed E-state index contributed by atoms with van der Waals surface area (Å²) >= 11 is -1.14. The number of ether oxygens (including phenoxy) is 2. The van der Waals surface area contributed by atoms with E-state index in [0.717, 1.165) is 0 Å². The van der Waals surface area contributed by atoms with Crippen molar-refractivity contribution in [2.24, 2.45) is 8.94 Å². The summed E-state index contributed by atoms with van der Waals surface area (Å²) in [7, 11) is 0. The second kappa shape index (κ2) is 4.55. The van der Waals surface area contributed by atoms with Gasteiger partial charge in [-0.15, -0.1) is 0 Å². The predicted molar refractivity (Wildman–Crippen MR) is 39.9 cm³/mol. The van der Waals surface area contributed by atoms with Crippen molar-refractivity contribution in [1.29, 1.82) is 0 Å². The quantitative estimate of drug-likeness (QED) is 0.247. The first kappa shape index (κ1) is 11.2. The number of halogens is 1. The van der Waals surface area contributed by atoms with Gasteiger partial charge in [-0.25, -0.2) is 0 Å². The van der Waals surface area contributed by atoms with Gasteiger partial charge >= 0.3 is 90.6 Å². The van der Waals surface area contributed by atoms with Gasteiger partial charge in [0, 0.05) is 0 Å². The maximum absolute atomic E-state index is 11.4. The first-order valence-electron chi connectivity index (χ1n) is 3.47. The van der Waals surface area contributed by atoms with Crippen molar-refractivity contribution in [2.75, 3.05) is 13.2 Å². The monoisotopic (exact) mass is 315 g/mol. The van der Waals surface area contributed by atoms with Gasteiger partial charge in [-0.2, -0.15) is 0 Å². The summed E-state index contributed by atoms with van der Waals surface area (Å²) in [4.78, 5) is 25.5. The Bertz CT molecular complexity index is 259. The molecule has 1 saturated heterocycles. The molecule has 1 heterocycles. The Hall–Kier alpha value is -0.900. The van der Waals surface area contributed by atoms with Crippen LogP contribution in [0.15, 0.2) is 4.99 Å². The normalized spacial score (nSPS) is 19.4. The molecular weight excluding hydrogens is 307 g/mol. The average Bonchev–Trinajstić information content (AvgIpc) is 2.20. The minimum atomic E-state index is -1.35. The molecule has 0 aliphatic carbocycles. The van der Waals surface area contributed by atoms with E-state index in [2.05, 4.69) is 24.2 Å². The third-order valence-corrected chi connectivity index (χ3v) is 2.31. The Morgan fingerprint density at radius 1 is 1.64 bits per heavy atom. The van der Waals surface area contributed by atoms with E-state index in [0.29, 0.717) is 0 Å². The number of nitrogens with zero attached hydrogens (tertiary/aromatic N) is 1. The molecule has 14 heavy (non-hydrogen) atoms. The Morgan fingerprint density at radius 2 is 2.21 bits per heavy atom. The van der Waals surface area contributed by atoms with E-state index in [9.17, 15) is 9.59 Å².